The molecule has 0 radical (unpaired) electrons. The van der Waals surface area contributed by atoms with E-state index in [1.54, 1.807) is 6.92 Å². The zero-order valence-corrected chi connectivity index (χ0v) is 10.1. The smallest absolute Gasteiger partial charge is 0.253 e. The van der Waals surface area contributed by atoms with Gasteiger partial charge in [-0.1, -0.05) is 0 Å². The Labute approximate surface area is 95.8 Å². The number of hydrogen-bond donors (Lipinski definition) is 2. The lowest BCUT2D eigenvalue weighted by Crippen LogP contribution is -2.27. The fraction of sp³-hybridized carbons (Fsp3) is 0.417. The number of nitrogen functional groups attached to an aromatic ring is 1. The zero-order chi connectivity index (χ0) is 12.3. The molecule has 1 aromatic rings. The Morgan fingerprint density at radius 1 is 1.38 bits per heavy atom. The molecule has 0 spiro atoms. The molecule has 16 heavy (non-hydrogen) atoms. The van der Waals surface area contributed by atoms with E-state index in [0.717, 1.165) is 11.1 Å². The minimum Gasteiger partial charge on any atom is -0.397 e. The summed E-state index contributed by atoms with van der Waals surface area (Å²) < 4.78 is 4.93. The van der Waals surface area contributed by atoms with E-state index in [1.807, 2.05) is 26.0 Å². The number of rotatable bonds is 3. The Bertz CT molecular complexity index is 402. The molecule has 0 aliphatic heterocycles. The van der Waals surface area contributed by atoms with Crippen LogP contribution >= 0.6 is 0 Å². The van der Waals surface area contributed by atoms with Crippen LogP contribution in [0.25, 0.3) is 0 Å². The maximum atomic E-state index is 11.6. The van der Waals surface area contributed by atoms with E-state index < -0.39 is 6.10 Å². The summed E-state index contributed by atoms with van der Waals surface area (Å²) in [6.45, 7) is 5.64. The van der Waals surface area contributed by atoms with Gasteiger partial charge >= 0.3 is 0 Å². The van der Waals surface area contributed by atoms with E-state index in [2.05, 4.69) is 5.32 Å². The van der Waals surface area contributed by atoms with Gasteiger partial charge in [-0.05, 0) is 44.0 Å². The van der Waals surface area contributed by atoms with Gasteiger partial charge in [0.2, 0.25) is 0 Å². The number of benzene rings is 1. The highest BCUT2D eigenvalue weighted by molar-refractivity contribution is 5.96. The van der Waals surface area contributed by atoms with Crippen molar-refractivity contribution in [3.8, 4) is 0 Å². The lowest BCUT2D eigenvalue weighted by Gasteiger charge is -2.13. The van der Waals surface area contributed by atoms with Crippen molar-refractivity contribution in [3.05, 3.63) is 23.3 Å². The number of nitrogens with two attached hydrogens (primary N) is 1. The Morgan fingerprint density at radius 3 is 2.50 bits per heavy atom. The third kappa shape index (κ3) is 2.73. The van der Waals surface area contributed by atoms with E-state index in [0.29, 0.717) is 11.4 Å². The average molecular weight is 222 g/mol. The van der Waals surface area contributed by atoms with Crippen molar-refractivity contribution in [2.24, 2.45) is 0 Å². The van der Waals surface area contributed by atoms with E-state index in [9.17, 15) is 4.79 Å². The molecule has 0 saturated carbocycles. The molecule has 4 heteroatoms. The van der Waals surface area contributed by atoms with Crippen LogP contribution in [0, 0.1) is 13.8 Å². The summed E-state index contributed by atoms with van der Waals surface area (Å²) in [5.74, 6) is -0.197. The molecule has 0 aromatic heterocycles. The minimum atomic E-state index is -0.485. The largest absolute Gasteiger partial charge is 0.397 e. The molecule has 0 fully saturated rings. The van der Waals surface area contributed by atoms with Crippen LogP contribution in [0.1, 0.15) is 18.1 Å². The fourth-order valence-electron chi connectivity index (χ4n) is 1.29. The van der Waals surface area contributed by atoms with Gasteiger partial charge in [0.25, 0.3) is 5.91 Å². The van der Waals surface area contributed by atoms with Crippen LogP contribution < -0.4 is 11.1 Å². The van der Waals surface area contributed by atoms with Crippen LogP contribution in [0.3, 0.4) is 0 Å². The summed E-state index contributed by atoms with van der Waals surface area (Å²) in [5.41, 5.74) is 9.23. The van der Waals surface area contributed by atoms with Gasteiger partial charge in [-0.15, -0.1) is 0 Å². The summed E-state index contributed by atoms with van der Waals surface area (Å²) >= 11 is 0. The van der Waals surface area contributed by atoms with Crippen molar-refractivity contribution >= 4 is 17.3 Å². The van der Waals surface area contributed by atoms with Crippen LogP contribution in [-0.2, 0) is 9.53 Å². The van der Waals surface area contributed by atoms with E-state index in [4.69, 9.17) is 10.5 Å². The van der Waals surface area contributed by atoms with E-state index in [-0.39, 0.29) is 5.91 Å². The van der Waals surface area contributed by atoms with Gasteiger partial charge in [-0.25, -0.2) is 0 Å². The standard InChI is InChI=1S/C12H18N2O2/c1-7-5-10(13)11(6-8(7)2)14-12(15)9(3)16-4/h5-6,9H,13H2,1-4H3,(H,14,15). The van der Waals surface area contributed by atoms with Crippen molar-refractivity contribution in [2.75, 3.05) is 18.2 Å². The number of carbonyl (C=O) groups is 1. The maximum Gasteiger partial charge on any atom is 0.253 e. The normalized spacial score (nSPS) is 12.2. The second-order valence-electron chi connectivity index (χ2n) is 3.89. The van der Waals surface area contributed by atoms with Gasteiger partial charge in [0.05, 0.1) is 11.4 Å². The predicted octanol–water partition coefficient (Wildman–Crippen LogP) is 1.86. The van der Waals surface area contributed by atoms with Crippen LogP contribution in [0.4, 0.5) is 11.4 Å². The van der Waals surface area contributed by atoms with Crippen LogP contribution in [0.5, 0.6) is 0 Å². The summed E-state index contributed by atoms with van der Waals surface area (Å²) in [6.07, 6.45) is -0.485. The van der Waals surface area contributed by atoms with Gasteiger partial charge in [-0.3, -0.25) is 4.79 Å². The molecule has 0 bridgehead atoms. The number of nitrogens with one attached hydrogen (secondary N) is 1. The van der Waals surface area contributed by atoms with Gasteiger partial charge in [0.1, 0.15) is 6.10 Å². The van der Waals surface area contributed by atoms with Crippen LogP contribution in [0.2, 0.25) is 0 Å². The lowest BCUT2D eigenvalue weighted by molar-refractivity contribution is -0.124. The maximum absolute atomic E-state index is 11.6. The molecule has 0 saturated heterocycles. The Hall–Kier alpha value is -1.55. The molecular formula is C12H18N2O2. The van der Waals surface area contributed by atoms with Crippen molar-refractivity contribution < 1.29 is 9.53 Å². The molecule has 0 aliphatic carbocycles. The van der Waals surface area contributed by atoms with Crippen molar-refractivity contribution in [2.45, 2.75) is 26.9 Å². The molecule has 0 heterocycles. The molecule has 1 rings (SSSR count). The number of anilines is 2. The third-order valence-corrected chi connectivity index (χ3v) is 2.65. The van der Waals surface area contributed by atoms with E-state index >= 15 is 0 Å². The molecule has 3 N–H and O–H groups in total. The first kappa shape index (κ1) is 12.5. The number of aryl methyl sites for hydroxylation is 2. The first-order valence-corrected chi connectivity index (χ1v) is 5.16. The number of hydrogen-bond acceptors (Lipinski definition) is 3. The second-order valence-corrected chi connectivity index (χ2v) is 3.89. The molecule has 1 unspecified atom stereocenters. The molecule has 4 nitrogen and oxygen atoms in total. The van der Waals surface area contributed by atoms with Crippen LogP contribution in [-0.4, -0.2) is 19.1 Å². The molecule has 0 aliphatic rings. The van der Waals surface area contributed by atoms with Gasteiger partial charge in [0, 0.05) is 7.11 Å². The minimum absolute atomic E-state index is 0.197. The molecule has 1 aromatic carbocycles. The SMILES string of the molecule is COC(C)C(=O)Nc1cc(C)c(C)cc1N. The monoisotopic (exact) mass is 222 g/mol. The van der Waals surface area contributed by atoms with Gasteiger partial charge in [-0.2, -0.15) is 0 Å². The highest BCUT2D eigenvalue weighted by atomic mass is 16.5. The van der Waals surface area contributed by atoms with Gasteiger partial charge < -0.3 is 15.8 Å². The number of carbonyl (C=O) groups excluding carboxylic acids is 1. The first-order valence-electron chi connectivity index (χ1n) is 5.16. The topological polar surface area (TPSA) is 64.3 Å². The van der Waals surface area contributed by atoms with Crippen molar-refractivity contribution in [1.29, 1.82) is 0 Å². The summed E-state index contributed by atoms with van der Waals surface area (Å²) in [4.78, 5) is 11.6. The second kappa shape index (κ2) is 4.99. The highest BCUT2D eigenvalue weighted by Gasteiger charge is 2.13. The summed E-state index contributed by atoms with van der Waals surface area (Å²) in [7, 11) is 1.49. The average Bonchev–Trinajstić information content (AvgIpc) is 2.24. The Balaban J connectivity index is 2.90. The van der Waals surface area contributed by atoms with Gasteiger partial charge in [0.15, 0.2) is 0 Å². The van der Waals surface area contributed by atoms with E-state index in [1.165, 1.54) is 7.11 Å². The Morgan fingerprint density at radius 2 is 1.94 bits per heavy atom. The molecule has 1 amide bonds. The summed E-state index contributed by atoms with van der Waals surface area (Å²) in [5, 5.41) is 2.74. The molecular weight excluding hydrogens is 204 g/mol. The number of methoxy groups -OCH3 is 1. The molecule has 88 valence electrons. The number of ether oxygens (including phenoxy) is 1. The Kier molecular flexibility index (Phi) is 3.90. The predicted molar refractivity (Wildman–Crippen MR) is 65.4 cm³/mol. The number of amides is 1. The summed E-state index contributed by atoms with van der Waals surface area (Å²) in [6, 6.07) is 3.72. The zero-order valence-electron chi connectivity index (χ0n) is 10.1. The molecule has 1 atom stereocenters. The van der Waals surface area contributed by atoms with Crippen LogP contribution in [0.15, 0.2) is 12.1 Å². The highest BCUT2D eigenvalue weighted by Crippen LogP contribution is 2.23. The van der Waals surface area contributed by atoms with Crippen molar-refractivity contribution in [1.82, 2.24) is 0 Å². The first-order chi connectivity index (χ1) is 7.45. The van der Waals surface area contributed by atoms with Crippen molar-refractivity contribution in [3.63, 3.8) is 0 Å². The fourth-order valence-corrected chi connectivity index (χ4v) is 1.29. The third-order valence-electron chi connectivity index (χ3n) is 2.65. The quantitative estimate of drug-likeness (QED) is 0.767. The lowest BCUT2D eigenvalue weighted by atomic mass is 10.1.